The van der Waals surface area contributed by atoms with Crippen LogP contribution in [-0.2, 0) is 4.79 Å². The van der Waals surface area contributed by atoms with E-state index in [-0.39, 0.29) is 0 Å². The minimum Gasteiger partial charge on any atom is -0.353 e. The second kappa shape index (κ2) is 5.79. The van der Waals surface area contributed by atoms with Crippen LogP contribution in [0.1, 0.15) is 83.5 Å². The van der Waals surface area contributed by atoms with Gasteiger partial charge in [-0.3, -0.25) is 4.79 Å². The average Bonchev–Trinajstić information content (AvgIpc) is 2.63. The zero-order valence-corrected chi connectivity index (χ0v) is 15.3. The summed E-state index contributed by atoms with van der Waals surface area (Å²) in [4.78, 5) is 12.7. The van der Waals surface area contributed by atoms with E-state index < -0.39 is 0 Å². The minimum atomic E-state index is 0.322. The Morgan fingerprint density at radius 3 is 2.23 bits per heavy atom. The van der Waals surface area contributed by atoms with Crippen LogP contribution >= 0.6 is 15.9 Å². The number of halogens is 1. The van der Waals surface area contributed by atoms with Gasteiger partial charge in [-0.15, -0.1) is 0 Å². The number of amides is 1. The van der Waals surface area contributed by atoms with Gasteiger partial charge in [-0.1, -0.05) is 41.6 Å². The van der Waals surface area contributed by atoms with E-state index in [1.165, 1.54) is 77.0 Å². The Kier molecular flexibility index (Phi) is 4.07. The van der Waals surface area contributed by atoms with E-state index in [9.17, 15) is 4.79 Å². The number of hydrogen-bond acceptors (Lipinski definition) is 1. The van der Waals surface area contributed by atoms with E-state index in [2.05, 4.69) is 21.2 Å². The molecule has 0 spiro atoms. The maximum Gasteiger partial charge on any atom is 0.220 e. The molecule has 1 N–H and O–H groups in total. The number of carbonyl (C=O) groups excluding carboxylic acids is 1. The molecule has 0 aliphatic heterocycles. The van der Waals surface area contributed by atoms with E-state index in [0.29, 0.717) is 21.7 Å². The van der Waals surface area contributed by atoms with Crippen molar-refractivity contribution < 1.29 is 4.79 Å². The number of rotatable bonds is 3. The van der Waals surface area contributed by atoms with Gasteiger partial charge >= 0.3 is 0 Å². The lowest BCUT2D eigenvalue weighted by molar-refractivity contribution is -0.129. The van der Waals surface area contributed by atoms with Crippen LogP contribution in [0.2, 0.25) is 0 Å². The summed E-state index contributed by atoms with van der Waals surface area (Å²) < 4.78 is 0.375. The van der Waals surface area contributed by atoms with Gasteiger partial charge in [0, 0.05) is 16.8 Å². The van der Waals surface area contributed by atoms with Crippen molar-refractivity contribution in [2.75, 3.05) is 0 Å². The summed E-state index contributed by atoms with van der Waals surface area (Å²) in [5, 5.41) is 3.39. The van der Waals surface area contributed by atoms with Crippen LogP contribution in [0.25, 0.3) is 0 Å². The zero-order chi connectivity index (χ0) is 15.2. The topological polar surface area (TPSA) is 29.1 Å². The highest BCUT2D eigenvalue weighted by atomic mass is 79.9. The minimum absolute atomic E-state index is 0.322. The molecule has 4 bridgehead atoms. The van der Waals surface area contributed by atoms with Crippen molar-refractivity contribution in [3.05, 3.63) is 0 Å². The Labute approximate surface area is 143 Å². The summed E-state index contributed by atoms with van der Waals surface area (Å²) in [7, 11) is 0. The van der Waals surface area contributed by atoms with Crippen LogP contribution in [0.5, 0.6) is 0 Å². The fraction of sp³-hybridized carbons (Fsp3) is 0.947. The standard InChI is InChI=1S/C19H30BrNO/c20-19-10-14-7-15(11-19)9-18(8-14,13-19)12-17(22)21-16-5-3-1-2-4-6-16/h14-16H,1-13H2,(H,21,22)/t14-,15+,18?,19?. The van der Waals surface area contributed by atoms with Gasteiger partial charge in [0.15, 0.2) is 0 Å². The molecular formula is C19H30BrNO. The first-order chi connectivity index (χ1) is 10.5. The fourth-order valence-corrected chi connectivity index (χ4v) is 8.10. The van der Waals surface area contributed by atoms with Crippen LogP contribution in [0.4, 0.5) is 0 Å². The lowest BCUT2D eigenvalue weighted by atomic mass is 9.48. The summed E-state index contributed by atoms with van der Waals surface area (Å²) in [6.07, 6.45) is 16.5. The van der Waals surface area contributed by atoms with E-state index in [1.807, 2.05) is 0 Å². The first-order valence-electron chi connectivity index (χ1n) is 9.53. The van der Waals surface area contributed by atoms with Gasteiger partial charge in [-0.05, 0) is 68.6 Å². The third-order valence-corrected chi connectivity index (χ3v) is 7.79. The van der Waals surface area contributed by atoms with Crippen LogP contribution in [0.15, 0.2) is 0 Å². The third kappa shape index (κ3) is 3.12. The molecule has 22 heavy (non-hydrogen) atoms. The average molecular weight is 368 g/mol. The third-order valence-electron chi connectivity index (χ3n) is 6.87. The Morgan fingerprint density at radius 2 is 1.64 bits per heavy atom. The Morgan fingerprint density at radius 1 is 1.00 bits per heavy atom. The highest BCUT2D eigenvalue weighted by Gasteiger charge is 2.57. The largest absolute Gasteiger partial charge is 0.353 e. The maximum atomic E-state index is 12.7. The SMILES string of the molecule is O=C(CC12C[C@@H]3C[C@@H](CC(Br)(C3)C1)C2)NC1CCCCCC1. The lowest BCUT2D eigenvalue weighted by Gasteiger charge is -2.60. The van der Waals surface area contributed by atoms with Gasteiger partial charge in [0.1, 0.15) is 0 Å². The van der Waals surface area contributed by atoms with Gasteiger partial charge in [0.2, 0.25) is 5.91 Å². The maximum absolute atomic E-state index is 12.7. The van der Waals surface area contributed by atoms with Crippen LogP contribution < -0.4 is 5.32 Å². The molecule has 0 saturated heterocycles. The van der Waals surface area contributed by atoms with Crippen molar-refractivity contribution in [1.82, 2.24) is 5.32 Å². The first kappa shape index (κ1) is 15.5. The molecule has 1 amide bonds. The molecule has 5 fully saturated rings. The van der Waals surface area contributed by atoms with Gasteiger partial charge in [-0.25, -0.2) is 0 Å². The number of alkyl halides is 1. The second-order valence-electron chi connectivity index (χ2n) is 9.04. The number of nitrogens with one attached hydrogen (secondary N) is 1. The molecule has 2 unspecified atom stereocenters. The summed E-state index contributed by atoms with van der Waals surface area (Å²) >= 11 is 4.06. The number of carbonyl (C=O) groups is 1. The van der Waals surface area contributed by atoms with Gasteiger partial charge in [0.05, 0.1) is 0 Å². The van der Waals surface area contributed by atoms with Crippen molar-refractivity contribution in [3.8, 4) is 0 Å². The first-order valence-corrected chi connectivity index (χ1v) is 10.3. The molecular weight excluding hydrogens is 338 g/mol. The van der Waals surface area contributed by atoms with E-state index in [1.54, 1.807) is 0 Å². The molecule has 0 aromatic rings. The Bertz CT molecular complexity index is 427. The van der Waals surface area contributed by atoms with E-state index in [4.69, 9.17) is 0 Å². The molecule has 5 aliphatic carbocycles. The summed E-state index contributed by atoms with van der Waals surface area (Å²) in [6.45, 7) is 0. The molecule has 5 aliphatic rings. The summed E-state index contributed by atoms with van der Waals surface area (Å²) in [5.41, 5.74) is 0.322. The van der Waals surface area contributed by atoms with E-state index in [0.717, 1.165) is 18.3 Å². The fourth-order valence-electron chi connectivity index (χ4n) is 6.59. The van der Waals surface area contributed by atoms with Crippen molar-refractivity contribution in [2.24, 2.45) is 17.3 Å². The quantitative estimate of drug-likeness (QED) is 0.554. The molecule has 0 heterocycles. The van der Waals surface area contributed by atoms with Crippen molar-refractivity contribution in [2.45, 2.75) is 93.8 Å². The molecule has 124 valence electrons. The van der Waals surface area contributed by atoms with Gasteiger partial charge < -0.3 is 5.32 Å². The monoisotopic (exact) mass is 367 g/mol. The second-order valence-corrected chi connectivity index (χ2v) is 10.7. The summed E-state index contributed by atoms with van der Waals surface area (Å²) in [6, 6.07) is 0.460. The van der Waals surface area contributed by atoms with Crippen molar-refractivity contribution >= 4 is 21.8 Å². The smallest absolute Gasteiger partial charge is 0.220 e. The van der Waals surface area contributed by atoms with Crippen molar-refractivity contribution in [3.63, 3.8) is 0 Å². The van der Waals surface area contributed by atoms with Gasteiger partial charge in [-0.2, -0.15) is 0 Å². The van der Waals surface area contributed by atoms with Gasteiger partial charge in [0.25, 0.3) is 0 Å². The molecule has 0 radical (unpaired) electrons. The molecule has 0 aromatic heterocycles. The summed E-state index contributed by atoms with van der Waals surface area (Å²) in [5.74, 6) is 2.11. The van der Waals surface area contributed by atoms with Crippen LogP contribution in [0, 0.1) is 17.3 Å². The lowest BCUT2D eigenvalue weighted by Crippen LogP contribution is -2.54. The predicted molar refractivity (Wildman–Crippen MR) is 93.0 cm³/mol. The molecule has 4 atom stereocenters. The Hall–Kier alpha value is -0.0500. The zero-order valence-electron chi connectivity index (χ0n) is 13.7. The van der Waals surface area contributed by atoms with E-state index >= 15 is 0 Å². The molecule has 5 rings (SSSR count). The van der Waals surface area contributed by atoms with Crippen LogP contribution in [0.3, 0.4) is 0 Å². The molecule has 3 heteroatoms. The van der Waals surface area contributed by atoms with Crippen molar-refractivity contribution in [1.29, 1.82) is 0 Å². The molecule has 2 nitrogen and oxygen atoms in total. The highest BCUT2D eigenvalue weighted by Crippen LogP contribution is 2.65. The predicted octanol–water partition coefficient (Wildman–Crippen LogP) is 4.95. The molecule has 5 saturated carbocycles. The van der Waals surface area contributed by atoms with Crippen LogP contribution in [-0.4, -0.2) is 16.3 Å². The Balaban J connectivity index is 1.39. The molecule has 0 aromatic carbocycles. The normalized spacial score (nSPS) is 44.8. The highest BCUT2D eigenvalue weighted by molar-refractivity contribution is 9.10. The number of hydrogen-bond donors (Lipinski definition) is 1.